The summed E-state index contributed by atoms with van der Waals surface area (Å²) in [5, 5.41) is 14.1. The summed E-state index contributed by atoms with van der Waals surface area (Å²) in [5.74, 6) is -1.38. The van der Waals surface area contributed by atoms with Crippen LogP contribution >= 0.6 is 31.9 Å². The average molecular weight is 439 g/mol. The summed E-state index contributed by atoms with van der Waals surface area (Å²) in [6.07, 6.45) is 0.941. The highest BCUT2D eigenvalue weighted by Crippen LogP contribution is 2.34. The van der Waals surface area contributed by atoms with Gasteiger partial charge in [-0.1, -0.05) is 0 Å². The molecule has 0 spiro atoms. The Balaban J connectivity index is 2.48. The average Bonchev–Trinajstić information content (AvgIpc) is 2.83. The molecule has 0 atom stereocenters. The smallest absolute Gasteiger partial charge is 0.340 e. The second kappa shape index (κ2) is 5.78. The molecule has 2 aromatic rings. The standard InChI is InChI=1S/C11H9Br2N3O4S/c1-5-2-7(12)9(8(13)3-5)16-21(19,20)10-6(11(17)18)4-14-15-10/h2-4,16H,1H3,(H,14,15)(H,17,18). The van der Waals surface area contributed by atoms with Gasteiger partial charge in [-0.25, -0.2) is 4.79 Å². The number of nitrogens with zero attached hydrogens (tertiary/aromatic N) is 1. The molecule has 0 unspecified atom stereocenters. The Bertz CT molecular complexity index is 794. The van der Waals surface area contributed by atoms with E-state index in [9.17, 15) is 13.2 Å². The molecule has 0 amide bonds. The topological polar surface area (TPSA) is 112 Å². The number of nitrogens with one attached hydrogen (secondary N) is 2. The number of halogens is 2. The third-order valence-corrected chi connectivity index (χ3v) is 5.10. The van der Waals surface area contributed by atoms with Crippen LogP contribution in [0.25, 0.3) is 0 Å². The number of carboxylic acids is 1. The first kappa shape index (κ1) is 16.0. The quantitative estimate of drug-likeness (QED) is 0.679. The van der Waals surface area contributed by atoms with Gasteiger partial charge in [-0.3, -0.25) is 9.82 Å². The number of aromatic carboxylic acids is 1. The van der Waals surface area contributed by atoms with Crippen molar-refractivity contribution in [2.45, 2.75) is 11.9 Å². The van der Waals surface area contributed by atoms with E-state index in [-0.39, 0.29) is 5.69 Å². The monoisotopic (exact) mass is 437 g/mol. The van der Waals surface area contributed by atoms with Crippen molar-refractivity contribution in [3.8, 4) is 0 Å². The second-order valence-electron chi connectivity index (χ2n) is 4.13. The van der Waals surface area contributed by atoms with Crippen molar-refractivity contribution in [2.24, 2.45) is 0 Å². The zero-order valence-electron chi connectivity index (χ0n) is 10.5. The lowest BCUT2D eigenvalue weighted by molar-refractivity contribution is 0.0692. The molecular formula is C11H9Br2N3O4S. The minimum atomic E-state index is -4.11. The van der Waals surface area contributed by atoms with Crippen LogP contribution in [0.5, 0.6) is 0 Å². The van der Waals surface area contributed by atoms with Crippen LogP contribution in [0.3, 0.4) is 0 Å². The van der Waals surface area contributed by atoms with Crippen molar-refractivity contribution in [1.29, 1.82) is 0 Å². The summed E-state index contributed by atoms with van der Waals surface area (Å²) in [6, 6.07) is 3.46. The number of aromatic amines is 1. The minimum absolute atomic E-state index is 0.270. The molecular weight excluding hydrogens is 430 g/mol. The maximum Gasteiger partial charge on any atom is 0.340 e. The second-order valence-corrected chi connectivity index (χ2v) is 7.45. The molecule has 0 bridgehead atoms. The van der Waals surface area contributed by atoms with E-state index in [1.165, 1.54) is 0 Å². The summed E-state index contributed by atoms with van der Waals surface area (Å²) in [5.41, 5.74) is 0.762. The lowest BCUT2D eigenvalue weighted by Crippen LogP contribution is -2.17. The van der Waals surface area contributed by atoms with Crippen LogP contribution in [-0.4, -0.2) is 29.7 Å². The van der Waals surface area contributed by atoms with Gasteiger partial charge >= 0.3 is 5.97 Å². The summed E-state index contributed by atoms with van der Waals surface area (Å²) in [6.45, 7) is 1.85. The van der Waals surface area contributed by atoms with Gasteiger partial charge in [-0.05, 0) is 56.5 Å². The third kappa shape index (κ3) is 3.27. The van der Waals surface area contributed by atoms with Crippen LogP contribution in [0.15, 0.2) is 32.3 Å². The van der Waals surface area contributed by atoms with E-state index < -0.39 is 26.6 Å². The number of hydrogen-bond donors (Lipinski definition) is 3. The molecule has 0 saturated heterocycles. The van der Waals surface area contributed by atoms with Crippen molar-refractivity contribution in [1.82, 2.24) is 10.2 Å². The van der Waals surface area contributed by atoms with E-state index >= 15 is 0 Å². The van der Waals surface area contributed by atoms with Gasteiger partial charge in [0.15, 0.2) is 5.03 Å². The first-order valence-corrected chi connectivity index (χ1v) is 8.54. The lowest BCUT2D eigenvalue weighted by Gasteiger charge is -2.12. The van der Waals surface area contributed by atoms with Crippen molar-refractivity contribution in [3.63, 3.8) is 0 Å². The van der Waals surface area contributed by atoms with Crippen molar-refractivity contribution < 1.29 is 18.3 Å². The Morgan fingerprint density at radius 2 is 1.90 bits per heavy atom. The Morgan fingerprint density at radius 1 is 1.33 bits per heavy atom. The fourth-order valence-corrected chi connectivity index (χ4v) is 4.68. The molecule has 10 heteroatoms. The maximum atomic E-state index is 12.3. The number of carboxylic acid groups (broad SMARTS) is 1. The molecule has 0 aliphatic carbocycles. The van der Waals surface area contributed by atoms with Crippen LogP contribution in [0.4, 0.5) is 5.69 Å². The van der Waals surface area contributed by atoms with Gasteiger partial charge in [-0.2, -0.15) is 13.5 Å². The number of hydrogen-bond acceptors (Lipinski definition) is 4. The number of benzene rings is 1. The number of H-pyrrole nitrogens is 1. The van der Waals surface area contributed by atoms with Crippen LogP contribution in [0.1, 0.15) is 15.9 Å². The predicted octanol–water partition coefficient (Wildman–Crippen LogP) is 2.74. The van der Waals surface area contributed by atoms with Crippen LogP contribution in [0.2, 0.25) is 0 Å². The van der Waals surface area contributed by atoms with Crippen LogP contribution < -0.4 is 4.72 Å². The van der Waals surface area contributed by atoms with Gasteiger partial charge in [0.25, 0.3) is 10.0 Å². The van der Waals surface area contributed by atoms with Crippen molar-refractivity contribution in [3.05, 3.63) is 38.4 Å². The van der Waals surface area contributed by atoms with E-state index in [4.69, 9.17) is 5.11 Å². The van der Waals surface area contributed by atoms with Crippen molar-refractivity contribution >= 4 is 53.5 Å². The molecule has 7 nitrogen and oxygen atoms in total. The Kier molecular flexibility index (Phi) is 4.40. The predicted molar refractivity (Wildman–Crippen MR) is 82.9 cm³/mol. The number of carbonyl (C=O) groups is 1. The van der Waals surface area contributed by atoms with E-state index in [1.807, 2.05) is 6.92 Å². The van der Waals surface area contributed by atoms with Crippen molar-refractivity contribution in [2.75, 3.05) is 4.72 Å². The van der Waals surface area contributed by atoms with E-state index in [0.29, 0.717) is 8.95 Å². The van der Waals surface area contributed by atoms with E-state index in [0.717, 1.165) is 11.8 Å². The number of anilines is 1. The molecule has 1 aromatic carbocycles. The minimum Gasteiger partial charge on any atom is -0.478 e. The summed E-state index contributed by atoms with van der Waals surface area (Å²) in [7, 11) is -4.11. The van der Waals surface area contributed by atoms with Gasteiger partial charge in [-0.15, -0.1) is 0 Å². The molecule has 112 valence electrons. The molecule has 0 fully saturated rings. The molecule has 0 aliphatic heterocycles. The molecule has 0 saturated carbocycles. The van der Waals surface area contributed by atoms with E-state index in [1.54, 1.807) is 12.1 Å². The molecule has 0 radical (unpaired) electrons. The maximum absolute atomic E-state index is 12.3. The Labute approximate surface area is 137 Å². The Hall–Kier alpha value is -1.39. The molecule has 0 aliphatic rings. The molecule has 2 rings (SSSR count). The summed E-state index contributed by atoms with van der Waals surface area (Å²) in [4.78, 5) is 11.0. The number of sulfonamides is 1. The number of aryl methyl sites for hydroxylation is 1. The number of rotatable bonds is 4. The van der Waals surface area contributed by atoms with Crippen LogP contribution in [0, 0.1) is 6.92 Å². The fraction of sp³-hybridized carbons (Fsp3) is 0.0909. The zero-order valence-corrected chi connectivity index (χ0v) is 14.5. The van der Waals surface area contributed by atoms with Gasteiger partial charge in [0.2, 0.25) is 0 Å². The summed E-state index contributed by atoms with van der Waals surface area (Å²) >= 11 is 6.52. The Morgan fingerprint density at radius 3 is 2.43 bits per heavy atom. The fourth-order valence-electron chi connectivity index (χ4n) is 1.61. The van der Waals surface area contributed by atoms with Gasteiger partial charge in [0.05, 0.1) is 11.9 Å². The normalized spacial score (nSPS) is 11.4. The zero-order chi connectivity index (χ0) is 15.8. The molecule has 3 N–H and O–H groups in total. The van der Waals surface area contributed by atoms with Gasteiger partial charge in [0, 0.05) is 8.95 Å². The highest BCUT2D eigenvalue weighted by molar-refractivity contribution is 9.11. The molecule has 1 heterocycles. The SMILES string of the molecule is Cc1cc(Br)c(NS(=O)(=O)c2[nH]ncc2C(=O)O)c(Br)c1. The number of aromatic nitrogens is 2. The van der Waals surface area contributed by atoms with Crippen LogP contribution in [-0.2, 0) is 10.0 Å². The largest absolute Gasteiger partial charge is 0.478 e. The molecule has 1 aromatic heterocycles. The summed E-state index contributed by atoms with van der Waals surface area (Å²) < 4.78 is 27.9. The first-order valence-electron chi connectivity index (χ1n) is 5.47. The molecule has 21 heavy (non-hydrogen) atoms. The van der Waals surface area contributed by atoms with Gasteiger partial charge in [0.1, 0.15) is 5.56 Å². The van der Waals surface area contributed by atoms with E-state index in [2.05, 4.69) is 46.8 Å². The third-order valence-electron chi connectivity index (χ3n) is 2.53. The lowest BCUT2D eigenvalue weighted by atomic mass is 10.2. The van der Waals surface area contributed by atoms with Gasteiger partial charge < -0.3 is 5.11 Å². The highest BCUT2D eigenvalue weighted by Gasteiger charge is 2.26. The highest BCUT2D eigenvalue weighted by atomic mass is 79.9. The first-order chi connectivity index (χ1) is 9.72.